The Bertz CT molecular complexity index is 540. The SMILES string of the molecule is CCOc1ccc(Cc2ccc[c]c2Cl)cc1F. The number of hydrogen-bond acceptors (Lipinski definition) is 1. The van der Waals surface area contributed by atoms with Gasteiger partial charge in [0, 0.05) is 6.07 Å². The van der Waals surface area contributed by atoms with Crippen LogP contribution in [0.4, 0.5) is 4.39 Å². The first kappa shape index (κ1) is 12.9. The van der Waals surface area contributed by atoms with Crippen LogP contribution in [-0.2, 0) is 6.42 Å². The van der Waals surface area contributed by atoms with E-state index in [1.807, 2.05) is 25.1 Å². The Morgan fingerprint density at radius 2 is 2.17 bits per heavy atom. The van der Waals surface area contributed by atoms with Gasteiger partial charge in [-0.3, -0.25) is 0 Å². The molecule has 0 heterocycles. The fourth-order valence-corrected chi connectivity index (χ4v) is 1.93. The lowest BCUT2D eigenvalue weighted by atomic mass is 10.0. The van der Waals surface area contributed by atoms with Crippen LogP contribution in [0.2, 0.25) is 5.02 Å². The second kappa shape index (κ2) is 5.87. The molecule has 0 spiro atoms. The third-order valence-corrected chi connectivity index (χ3v) is 2.93. The zero-order chi connectivity index (χ0) is 13.0. The molecule has 1 radical (unpaired) electrons. The van der Waals surface area contributed by atoms with Crippen LogP contribution in [0.25, 0.3) is 0 Å². The van der Waals surface area contributed by atoms with Crippen molar-refractivity contribution in [3.63, 3.8) is 0 Å². The van der Waals surface area contributed by atoms with Gasteiger partial charge in [-0.25, -0.2) is 4.39 Å². The molecule has 0 atom stereocenters. The molecule has 0 aliphatic rings. The number of benzene rings is 2. The molecule has 93 valence electrons. The van der Waals surface area contributed by atoms with Gasteiger partial charge in [0.25, 0.3) is 0 Å². The van der Waals surface area contributed by atoms with E-state index in [1.54, 1.807) is 12.1 Å². The number of rotatable bonds is 4. The second-order valence-corrected chi connectivity index (χ2v) is 4.26. The van der Waals surface area contributed by atoms with Gasteiger partial charge in [0.05, 0.1) is 11.6 Å². The maximum absolute atomic E-state index is 13.7. The van der Waals surface area contributed by atoms with E-state index in [0.717, 1.165) is 11.1 Å². The van der Waals surface area contributed by atoms with Crippen molar-refractivity contribution in [2.45, 2.75) is 13.3 Å². The van der Waals surface area contributed by atoms with Crippen molar-refractivity contribution >= 4 is 11.6 Å². The van der Waals surface area contributed by atoms with Crippen molar-refractivity contribution in [1.82, 2.24) is 0 Å². The average molecular weight is 264 g/mol. The summed E-state index contributed by atoms with van der Waals surface area (Å²) in [4.78, 5) is 0. The lowest BCUT2D eigenvalue weighted by Gasteiger charge is -2.07. The Hall–Kier alpha value is -1.54. The Kier molecular flexibility index (Phi) is 4.21. The molecule has 2 aromatic carbocycles. The molecule has 1 nitrogen and oxygen atoms in total. The maximum atomic E-state index is 13.7. The summed E-state index contributed by atoms with van der Waals surface area (Å²) in [6.07, 6.45) is 0.583. The van der Waals surface area contributed by atoms with Crippen molar-refractivity contribution in [1.29, 1.82) is 0 Å². The van der Waals surface area contributed by atoms with Crippen LogP contribution in [0.1, 0.15) is 18.1 Å². The summed E-state index contributed by atoms with van der Waals surface area (Å²) >= 11 is 6.02. The first-order chi connectivity index (χ1) is 8.70. The summed E-state index contributed by atoms with van der Waals surface area (Å²) in [6.45, 7) is 2.28. The van der Waals surface area contributed by atoms with Gasteiger partial charge in [-0.15, -0.1) is 0 Å². The third kappa shape index (κ3) is 3.02. The van der Waals surface area contributed by atoms with Crippen LogP contribution in [0.5, 0.6) is 5.75 Å². The average Bonchev–Trinajstić information content (AvgIpc) is 2.36. The predicted molar refractivity (Wildman–Crippen MR) is 70.7 cm³/mol. The minimum atomic E-state index is -0.342. The molecule has 0 aliphatic heterocycles. The fourth-order valence-electron chi connectivity index (χ4n) is 1.73. The zero-order valence-corrected chi connectivity index (χ0v) is 10.8. The summed E-state index contributed by atoms with van der Waals surface area (Å²) in [5, 5.41) is 0.576. The maximum Gasteiger partial charge on any atom is 0.165 e. The molecule has 0 fully saturated rings. The van der Waals surface area contributed by atoms with E-state index in [2.05, 4.69) is 6.07 Å². The van der Waals surface area contributed by atoms with Crippen molar-refractivity contribution in [3.8, 4) is 5.75 Å². The van der Waals surface area contributed by atoms with Crippen LogP contribution < -0.4 is 4.74 Å². The zero-order valence-electron chi connectivity index (χ0n) is 10.0. The molecule has 2 aromatic rings. The van der Waals surface area contributed by atoms with Crippen LogP contribution in [-0.4, -0.2) is 6.61 Å². The van der Waals surface area contributed by atoms with E-state index in [-0.39, 0.29) is 11.6 Å². The topological polar surface area (TPSA) is 9.23 Å². The molecule has 0 aliphatic carbocycles. The number of hydrogen-bond donors (Lipinski definition) is 0. The highest BCUT2D eigenvalue weighted by Gasteiger charge is 2.06. The Morgan fingerprint density at radius 3 is 2.83 bits per heavy atom. The van der Waals surface area contributed by atoms with Crippen LogP contribution in [0.15, 0.2) is 36.4 Å². The predicted octanol–water partition coefficient (Wildman–Crippen LogP) is 4.27. The largest absolute Gasteiger partial charge is 0.491 e. The standard InChI is InChI=1S/C15H13ClFO/c1-2-18-15-8-7-11(10-14(15)17)9-12-5-3-4-6-13(12)16/h3-5,7-8,10H,2,9H2,1H3. The van der Waals surface area contributed by atoms with Crippen molar-refractivity contribution in [2.24, 2.45) is 0 Å². The third-order valence-electron chi connectivity index (χ3n) is 2.58. The van der Waals surface area contributed by atoms with E-state index >= 15 is 0 Å². The van der Waals surface area contributed by atoms with Crippen molar-refractivity contribution in [2.75, 3.05) is 6.61 Å². The molecule has 2 rings (SSSR count). The smallest absolute Gasteiger partial charge is 0.165 e. The van der Waals surface area contributed by atoms with Gasteiger partial charge in [-0.05, 0) is 36.6 Å². The van der Waals surface area contributed by atoms with Gasteiger partial charge >= 0.3 is 0 Å². The first-order valence-electron chi connectivity index (χ1n) is 5.77. The molecule has 0 bridgehead atoms. The van der Waals surface area contributed by atoms with Crippen LogP contribution >= 0.6 is 11.6 Å². The summed E-state index contributed by atoms with van der Waals surface area (Å²) in [7, 11) is 0. The molecule has 3 heteroatoms. The minimum absolute atomic E-state index is 0.284. The van der Waals surface area contributed by atoms with Gasteiger partial charge < -0.3 is 4.74 Å². The molecule has 18 heavy (non-hydrogen) atoms. The Morgan fingerprint density at radius 1 is 1.33 bits per heavy atom. The lowest BCUT2D eigenvalue weighted by Crippen LogP contribution is -1.96. The van der Waals surface area contributed by atoms with Crippen LogP contribution in [0.3, 0.4) is 0 Å². The van der Waals surface area contributed by atoms with E-state index in [0.29, 0.717) is 18.1 Å². The normalized spacial score (nSPS) is 10.4. The van der Waals surface area contributed by atoms with Gasteiger partial charge in [0.2, 0.25) is 0 Å². The van der Waals surface area contributed by atoms with Crippen molar-refractivity contribution < 1.29 is 9.13 Å². The van der Waals surface area contributed by atoms with E-state index < -0.39 is 0 Å². The minimum Gasteiger partial charge on any atom is -0.491 e. The molecular formula is C15H13ClFO. The molecule has 0 saturated heterocycles. The van der Waals surface area contributed by atoms with E-state index in [9.17, 15) is 4.39 Å². The van der Waals surface area contributed by atoms with E-state index in [1.165, 1.54) is 6.07 Å². The summed E-state index contributed by atoms with van der Waals surface area (Å²) in [6, 6.07) is 13.4. The molecule has 0 saturated carbocycles. The van der Waals surface area contributed by atoms with Gasteiger partial charge in [-0.2, -0.15) is 0 Å². The monoisotopic (exact) mass is 263 g/mol. The molecular weight excluding hydrogens is 251 g/mol. The summed E-state index contributed by atoms with van der Waals surface area (Å²) < 4.78 is 18.8. The molecule has 0 aromatic heterocycles. The van der Waals surface area contributed by atoms with Gasteiger partial charge in [-0.1, -0.05) is 35.9 Å². The fraction of sp³-hybridized carbons (Fsp3) is 0.200. The van der Waals surface area contributed by atoms with Gasteiger partial charge in [0.15, 0.2) is 11.6 Å². The quantitative estimate of drug-likeness (QED) is 0.800. The number of ether oxygens (including phenoxy) is 1. The summed E-state index contributed by atoms with van der Waals surface area (Å²) in [5.41, 5.74) is 1.79. The Balaban J connectivity index is 2.20. The first-order valence-corrected chi connectivity index (χ1v) is 6.14. The molecule has 0 unspecified atom stereocenters. The van der Waals surface area contributed by atoms with Crippen molar-refractivity contribution in [3.05, 3.63) is 64.4 Å². The molecule has 0 N–H and O–H groups in total. The van der Waals surface area contributed by atoms with E-state index in [4.69, 9.17) is 16.3 Å². The number of halogens is 2. The Labute approximate surface area is 111 Å². The highest BCUT2D eigenvalue weighted by molar-refractivity contribution is 6.31. The van der Waals surface area contributed by atoms with Gasteiger partial charge in [0.1, 0.15) is 0 Å². The second-order valence-electron chi connectivity index (χ2n) is 3.88. The lowest BCUT2D eigenvalue weighted by molar-refractivity contribution is 0.321. The highest BCUT2D eigenvalue weighted by Crippen LogP contribution is 2.22. The highest BCUT2D eigenvalue weighted by atomic mass is 35.5. The molecule has 0 amide bonds. The summed E-state index contributed by atoms with van der Waals surface area (Å²) in [5.74, 6) is -0.0580. The van der Waals surface area contributed by atoms with Crippen LogP contribution in [0, 0.1) is 11.9 Å².